The number of hydrogen-bond donors (Lipinski definition) is 1. The summed E-state index contributed by atoms with van der Waals surface area (Å²) in [4.78, 5) is 14.8. The van der Waals surface area contributed by atoms with Crippen molar-refractivity contribution in [3.05, 3.63) is 29.8 Å². The molecule has 2 aliphatic rings. The maximum absolute atomic E-state index is 12.9. The molecule has 0 aromatic heterocycles. The van der Waals surface area contributed by atoms with E-state index >= 15 is 0 Å². The molecule has 1 amide bonds. The van der Waals surface area contributed by atoms with E-state index in [4.69, 9.17) is 0 Å². The molecule has 0 aliphatic carbocycles. The third-order valence-electron chi connectivity index (χ3n) is 4.94. The average Bonchev–Trinajstić information content (AvgIpc) is 2.91. The summed E-state index contributed by atoms with van der Waals surface area (Å²) in [6, 6.07) is 6.76. The van der Waals surface area contributed by atoms with Crippen LogP contribution in [0.25, 0.3) is 0 Å². The largest absolute Gasteiger partial charge is 0.336 e. The highest BCUT2D eigenvalue weighted by Crippen LogP contribution is 2.22. The van der Waals surface area contributed by atoms with Crippen LogP contribution in [0, 0.1) is 0 Å². The van der Waals surface area contributed by atoms with Gasteiger partial charge in [0.15, 0.2) is 0 Å². The van der Waals surface area contributed by atoms with Gasteiger partial charge in [-0.05, 0) is 38.0 Å². The van der Waals surface area contributed by atoms with Crippen LogP contribution in [0.2, 0.25) is 0 Å². The van der Waals surface area contributed by atoms with E-state index in [9.17, 15) is 13.2 Å². The SMILES string of the molecule is CC1CN(C(=O)c2cccc(S(=O)(=O)N3CCCCCC3)c2)CCN1.Cl. The van der Waals surface area contributed by atoms with Crippen LogP contribution in [-0.2, 0) is 10.0 Å². The molecular formula is C18H28ClN3O3S. The number of piperazine rings is 1. The fourth-order valence-corrected chi connectivity index (χ4v) is 5.08. The molecule has 0 spiro atoms. The second kappa shape index (κ2) is 9.17. The maximum Gasteiger partial charge on any atom is 0.253 e. The summed E-state index contributed by atoms with van der Waals surface area (Å²) in [6.07, 6.45) is 3.95. The Bertz CT molecular complexity index is 718. The number of hydrogen-bond acceptors (Lipinski definition) is 4. The normalized spacial score (nSPS) is 22.3. The van der Waals surface area contributed by atoms with Gasteiger partial charge in [-0.2, -0.15) is 4.31 Å². The first-order valence-corrected chi connectivity index (χ1v) is 10.6. The lowest BCUT2D eigenvalue weighted by molar-refractivity contribution is 0.0709. The van der Waals surface area contributed by atoms with Crippen molar-refractivity contribution >= 4 is 28.3 Å². The molecule has 146 valence electrons. The fraction of sp³-hybridized carbons (Fsp3) is 0.611. The number of halogens is 1. The predicted molar refractivity (Wildman–Crippen MR) is 104 cm³/mol. The van der Waals surface area contributed by atoms with Crippen LogP contribution in [0.4, 0.5) is 0 Å². The van der Waals surface area contributed by atoms with Crippen LogP contribution >= 0.6 is 12.4 Å². The molecule has 8 heteroatoms. The first kappa shape index (κ1) is 21.2. The summed E-state index contributed by atoms with van der Waals surface area (Å²) >= 11 is 0. The zero-order chi connectivity index (χ0) is 17.9. The second-order valence-corrected chi connectivity index (χ2v) is 8.89. The van der Waals surface area contributed by atoms with Crippen molar-refractivity contribution in [1.82, 2.24) is 14.5 Å². The van der Waals surface area contributed by atoms with Crippen LogP contribution in [0.1, 0.15) is 43.0 Å². The van der Waals surface area contributed by atoms with Crippen LogP contribution in [-0.4, -0.2) is 62.3 Å². The molecular weight excluding hydrogens is 374 g/mol. The van der Waals surface area contributed by atoms with Crippen LogP contribution < -0.4 is 5.32 Å². The second-order valence-electron chi connectivity index (χ2n) is 6.95. The summed E-state index contributed by atoms with van der Waals surface area (Å²) in [7, 11) is -3.53. The topological polar surface area (TPSA) is 69.7 Å². The molecule has 2 fully saturated rings. The van der Waals surface area contributed by atoms with Gasteiger partial charge >= 0.3 is 0 Å². The van der Waals surface area contributed by atoms with Crippen molar-refractivity contribution in [2.24, 2.45) is 0 Å². The Morgan fingerprint density at radius 3 is 2.46 bits per heavy atom. The van der Waals surface area contributed by atoms with Gasteiger partial charge in [0.2, 0.25) is 10.0 Å². The molecule has 1 aromatic rings. The monoisotopic (exact) mass is 401 g/mol. The summed E-state index contributed by atoms with van der Waals surface area (Å²) in [5.74, 6) is -0.0960. The number of rotatable bonds is 3. The summed E-state index contributed by atoms with van der Waals surface area (Å²) in [5, 5.41) is 3.31. The summed E-state index contributed by atoms with van der Waals surface area (Å²) in [6.45, 7) is 5.22. The Kier molecular flexibility index (Phi) is 7.46. The van der Waals surface area contributed by atoms with Crippen LogP contribution in [0.5, 0.6) is 0 Å². The Balaban J connectivity index is 0.00000243. The van der Waals surface area contributed by atoms with E-state index in [0.717, 1.165) is 32.2 Å². The Hall–Kier alpha value is -1.15. The number of sulfonamides is 1. The minimum Gasteiger partial charge on any atom is -0.336 e. The molecule has 1 N–H and O–H groups in total. The number of carbonyl (C=O) groups is 1. The van der Waals surface area contributed by atoms with E-state index in [2.05, 4.69) is 5.32 Å². The van der Waals surface area contributed by atoms with Gasteiger partial charge in [0.25, 0.3) is 5.91 Å². The average molecular weight is 402 g/mol. The molecule has 1 atom stereocenters. The molecule has 1 aromatic carbocycles. The van der Waals surface area contributed by atoms with E-state index in [1.54, 1.807) is 27.4 Å². The number of nitrogens with zero attached hydrogens (tertiary/aromatic N) is 2. The van der Waals surface area contributed by atoms with Crippen molar-refractivity contribution in [2.75, 3.05) is 32.7 Å². The predicted octanol–water partition coefficient (Wildman–Crippen LogP) is 2.11. The lowest BCUT2D eigenvalue weighted by atomic mass is 10.1. The molecule has 3 rings (SSSR count). The van der Waals surface area contributed by atoms with Crippen LogP contribution in [0.15, 0.2) is 29.2 Å². The zero-order valence-electron chi connectivity index (χ0n) is 15.2. The number of benzene rings is 1. The smallest absolute Gasteiger partial charge is 0.253 e. The molecule has 2 aliphatic heterocycles. The first-order chi connectivity index (χ1) is 12.0. The quantitative estimate of drug-likeness (QED) is 0.842. The summed E-state index contributed by atoms with van der Waals surface area (Å²) in [5.41, 5.74) is 0.449. The molecule has 0 bridgehead atoms. The van der Waals surface area contributed by atoms with Crippen molar-refractivity contribution in [3.63, 3.8) is 0 Å². The summed E-state index contributed by atoms with van der Waals surface area (Å²) < 4.78 is 27.4. The van der Waals surface area contributed by atoms with E-state index in [0.29, 0.717) is 31.7 Å². The minimum absolute atomic E-state index is 0. The van der Waals surface area contributed by atoms with Gasteiger partial charge in [0.05, 0.1) is 4.90 Å². The highest BCUT2D eigenvalue weighted by atomic mass is 35.5. The van der Waals surface area contributed by atoms with Gasteiger partial charge in [-0.3, -0.25) is 4.79 Å². The molecule has 2 heterocycles. The number of carbonyl (C=O) groups excluding carboxylic acids is 1. The molecule has 6 nitrogen and oxygen atoms in total. The van der Waals surface area contributed by atoms with Gasteiger partial charge in [0, 0.05) is 44.3 Å². The van der Waals surface area contributed by atoms with Gasteiger partial charge in [0.1, 0.15) is 0 Å². The molecule has 0 saturated carbocycles. The maximum atomic E-state index is 12.9. The zero-order valence-corrected chi connectivity index (χ0v) is 16.8. The van der Waals surface area contributed by atoms with E-state index < -0.39 is 10.0 Å². The molecule has 26 heavy (non-hydrogen) atoms. The number of nitrogens with one attached hydrogen (secondary N) is 1. The van der Waals surface area contributed by atoms with Gasteiger partial charge in [-0.15, -0.1) is 12.4 Å². The van der Waals surface area contributed by atoms with Crippen molar-refractivity contribution in [1.29, 1.82) is 0 Å². The molecule has 2 saturated heterocycles. The Labute approximate surface area is 162 Å². The lowest BCUT2D eigenvalue weighted by Gasteiger charge is -2.32. The fourth-order valence-electron chi connectivity index (χ4n) is 3.52. The Morgan fingerprint density at radius 1 is 1.12 bits per heavy atom. The van der Waals surface area contributed by atoms with E-state index in [1.165, 1.54) is 6.07 Å². The van der Waals surface area contributed by atoms with E-state index in [1.807, 2.05) is 6.92 Å². The highest BCUT2D eigenvalue weighted by Gasteiger charge is 2.27. The van der Waals surface area contributed by atoms with Crippen molar-refractivity contribution in [2.45, 2.75) is 43.5 Å². The standard InChI is InChI=1S/C18H27N3O3S.ClH/c1-15-14-20(12-9-19-15)18(22)16-7-6-8-17(13-16)25(23,24)21-10-4-2-3-5-11-21;/h6-8,13,15,19H,2-5,9-12,14H2,1H3;1H. The Morgan fingerprint density at radius 2 is 1.81 bits per heavy atom. The molecule has 1 unspecified atom stereocenters. The first-order valence-electron chi connectivity index (χ1n) is 9.11. The van der Waals surface area contributed by atoms with Crippen molar-refractivity contribution in [3.8, 4) is 0 Å². The third-order valence-corrected chi connectivity index (χ3v) is 6.83. The highest BCUT2D eigenvalue weighted by molar-refractivity contribution is 7.89. The van der Waals surface area contributed by atoms with Crippen molar-refractivity contribution < 1.29 is 13.2 Å². The lowest BCUT2D eigenvalue weighted by Crippen LogP contribution is -2.51. The number of amides is 1. The van der Waals surface area contributed by atoms with Gasteiger partial charge in [-0.1, -0.05) is 18.9 Å². The van der Waals surface area contributed by atoms with Gasteiger partial charge in [-0.25, -0.2) is 8.42 Å². The third kappa shape index (κ3) is 4.76. The van der Waals surface area contributed by atoms with Gasteiger partial charge < -0.3 is 10.2 Å². The molecule has 0 radical (unpaired) electrons. The van der Waals surface area contributed by atoms with E-state index in [-0.39, 0.29) is 29.3 Å². The minimum atomic E-state index is -3.53. The van der Waals surface area contributed by atoms with Crippen LogP contribution in [0.3, 0.4) is 0 Å².